The van der Waals surface area contributed by atoms with Gasteiger partial charge in [0.25, 0.3) is 5.91 Å². The molecule has 2 rings (SSSR count). The van der Waals surface area contributed by atoms with Crippen LogP contribution in [0.3, 0.4) is 0 Å². The van der Waals surface area contributed by atoms with E-state index in [4.69, 9.17) is 4.74 Å². The predicted octanol–water partition coefficient (Wildman–Crippen LogP) is 4.27. The summed E-state index contributed by atoms with van der Waals surface area (Å²) in [6, 6.07) is 9.80. The van der Waals surface area contributed by atoms with E-state index in [1.807, 2.05) is 6.92 Å². The molecule has 0 aliphatic heterocycles. The number of carbonyl (C=O) groups excluding carboxylic acids is 1. The van der Waals surface area contributed by atoms with Crippen LogP contribution in [-0.4, -0.2) is 13.0 Å². The Morgan fingerprint density at radius 1 is 1.09 bits per heavy atom. The van der Waals surface area contributed by atoms with Gasteiger partial charge in [0.05, 0.1) is 12.7 Å². The molecule has 0 saturated heterocycles. The number of aryl methyl sites for hydroxylation is 1. The van der Waals surface area contributed by atoms with Crippen LogP contribution in [0.5, 0.6) is 5.75 Å². The van der Waals surface area contributed by atoms with Gasteiger partial charge in [-0.25, -0.2) is 0 Å². The molecule has 0 aliphatic rings. The van der Waals surface area contributed by atoms with Crippen LogP contribution >= 0.6 is 0 Å². The second kappa shape index (κ2) is 6.09. The standard InChI is InChI=1S/C16H14F3NO2/c1-10-3-5-11(6-4-10)15(21)20-13-7-12(16(17,18)19)8-14(9-13)22-2/h3-9H,1-2H3,(H,20,21). The fourth-order valence-corrected chi connectivity index (χ4v) is 1.86. The number of halogens is 3. The smallest absolute Gasteiger partial charge is 0.416 e. The number of rotatable bonds is 3. The first-order chi connectivity index (χ1) is 10.3. The van der Waals surface area contributed by atoms with Crippen molar-refractivity contribution in [2.75, 3.05) is 12.4 Å². The predicted molar refractivity (Wildman–Crippen MR) is 77.1 cm³/mol. The fourth-order valence-electron chi connectivity index (χ4n) is 1.86. The van der Waals surface area contributed by atoms with Gasteiger partial charge < -0.3 is 10.1 Å². The molecule has 0 unspecified atom stereocenters. The maximum Gasteiger partial charge on any atom is 0.416 e. The molecule has 0 saturated carbocycles. The topological polar surface area (TPSA) is 38.3 Å². The van der Waals surface area contributed by atoms with Crippen molar-refractivity contribution in [3.63, 3.8) is 0 Å². The number of carbonyl (C=O) groups is 1. The van der Waals surface area contributed by atoms with Crippen LogP contribution < -0.4 is 10.1 Å². The third-order valence-electron chi connectivity index (χ3n) is 3.04. The molecule has 0 aliphatic carbocycles. The van der Waals surface area contributed by atoms with E-state index >= 15 is 0 Å². The highest BCUT2D eigenvalue weighted by molar-refractivity contribution is 6.04. The first kappa shape index (κ1) is 15.9. The highest BCUT2D eigenvalue weighted by Crippen LogP contribution is 2.34. The molecular formula is C16H14F3NO2. The molecule has 0 heterocycles. The summed E-state index contributed by atoms with van der Waals surface area (Å²) in [5.74, 6) is -0.463. The van der Waals surface area contributed by atoms with E-state index in [9.17, 15) is 18.0 Å². The van der Waals surface area contributed by atoms with Crippen LogP contribution in [0, 0.1) is 6.92 Å². The molecule has 0 fully saturated rings. The summed E-state index contributed by atoms with van der Waals surface area (Å²) in [4.78, 5) is 12.1. The maximum atomic E-state index is 12.8. The second-order valence-corrected chi connectivity index (χ2v) is 4.77. The Morgan fingerprint density at radius 3 is 2.27 bits per heavy atom. The van der Waals surface area contributed by atoms with Crippen molar-refractivity contribution in [1.29, 1.82) is 0 Å². The quantitative estimate of drug-likeness (QED) is 0.919. The molecule has 0 bridgehead atoms. The molecular weight excluding hydrogens is 295 g/mol. The van der Waals surface area contributed by atoms with Gasteiger partial charge in [0.1, 0.15) is 5.75 Å². The Morgan fingerprint density at radius 2 is 1.73 bits per heavy atom. The largest absolute Gasteiger partial charge is 0.497 e. The highest BCUT2D eigenvalue weighted by atomic mass is 19.4. The number of methoxy groups -OCH3 is 1. The Hall–Kier alpha value is -2.50. The fraction of sp³-hybridized carbons (Fsp3) is 0.188. The average Bonchev–Trinajstić information content (AvgIpc) is 2.46. The summed E-state index contributed by atoms with van der Waals surface area (Å²) in [5, 5.41) is 2.45. The van der Waals surface area contributed by atoms with Gasteiger partial charge in [-0.2, -0.15) is 13.2 Å². The zero-order valence-electron chi connectivity index (χ0n) is 12.0. The lowest BCUT2D eigenvalue weighted by molar-refractivity contribution is -0.137. The molecule has 3 nitrogen and oxygen atoms in total. The normalized spacial score (nSPS) is 11.1. The number of anilines is 1. The summed E-state index contributed by atoms with van der Waals surface area (Å²) in [6.45, 7) is 1.87. The molecule has 6 heteroatoms. The number of benzene rings is 2. The number of amides is 1. The van der Waals surface area contributed by atoms with Crippen LogP contribution in [-0.2, 0) is 6.18 Å². The molecule has 116 valence electrons. The van der Waals surface area contributed by atoms with Crippen molar-refractivity contribution >= 4 is 11.6 Å². The van der Waals surface area contributed by atoms with Gasteiger partial charge in [-0.1, -0.05) is 17.7 Å². The third-order valence-corrected chi connectivity index (χ3v) is 3.04. The Kier molecular flexibility index (Phi) is 4.40. The van der Waals surface area contributed by atoms with Gasteiger partial charge in [0.15, 0.2) is 0 Å². The SMILES string of the molecule is COc1cc(NC(=O)c2ccc(C)cc2)cc(C(F)(F)F)c1. The van der Waals surface area contributed by atoms with Crippen LogP contribution in [0.25, 0.3) is 0 Å². The lowest BCUT2D eigenvalue weighted by Crippen LogP contribution is -2.13. The first-order valence-electron chi connectivity index (χ1n) is 6.44. The van der Waals surface area contributed by atoms with Crippen LogP contribution in [0.4, 0.5) is 18.9 Å². The van der Waals surface area contributed by atoms with E-state index in [-0.39, 0.29) is 11.4 Å². The van der Waals surface area contributed by atoms with Crippen molar-refractivity contribution in [2.45, 2.75) is 13.1 Å². The van der Waals surface area contributed by atoms with Gasteiger partial charge in [0, 0.05) is 17.3 Å². The minimum absolute atomic E-state index is 0.0223. The molecule has 1 N–H and O–H groups in total. The molecule has 0 radical (unpaired) electrons. The Balaban J connectivity index is 2.28. The molecule has 2 aromatic carbocycles. The summed E-state index contributed by atoms with van der Waals surface area (Å²) in [7, 11) is 1.26. The summed E-state index contributed by atoms with van der Waals surface area (Å²) in [6.07, 6.45) is -4.52. The monoisotopic (exact) mass is 309 g/mol. The summed E-state index contributed by atoms with van der Waals surface area (Å²) >= 11 is 0. The van der Waals surface area contributed by atoms with E-state index in [1.54, 1.807) is 24.3 Å². The molecule has 22 heavy (non-hydrogen) atoms. The van der Waals surface area contributed by atoms with E-state index in [0.717, 1.165) is 17.7 Å². The minimum atomic E-state index is -4.52. The molecule has 0 atom stereocenters. The zero-order chi connectivity index (χ0) is 16.3. The van der Waals surface area contributed by atoms with E-state index in [0.29, 0.717) is 5.56 Å². The van der Waals surface area contributed by atoms with E-state index in [1.165, 1.54) is 13.2 Å². The van der Waals surface area contributed by atoms with Gasteiger partial charge in [0.2, 0.25) is 0 Å². The van der Waals surface area contributed by atoms with Gasteiger partial charge in [-0.05, 0) is 31.2 Å². The molecule has 0 spiro atoms. The average molecular weight is 309 g/mol. The van der Waals surface area contributed by atoms with Crippen molar-refractivity contribution in [2.24, 2.45) is 0 Å². The van der Waals surface area contributed by atoms with Crippen molar-refractivity contribution in [3.05, 3.63) is 59.2 Å². The number of hydrogen-bond acceptors (Lipinski definition) is 2. The third kappa shape index (κ3) is 3.78. The molecule has 2 aromatic rings. The van der Waals surface area contributed by atoms with Crippen molar-refractivity contribution in [1.82, 2.24) is 0 Å². The van der Waals surface area contributed by atoms with Gasteiger partial charge in [-0.3, -0.25) is 4.79 Å². The minimum Gasteiger partial charge on any atom is -0.497 e. The summed E-state index contributed by atoms with van der Waals surface area (Å²) in [5.41, 5.74) is 0.488. The maximum absolute atomic E-state index is 12.8. The molecule has 1 amide bonds. The second-order valence-electron chi connectivity index (χ2n) is 4.77. The molecule has 0 aromatic heterocycles. The van der Waals surface area contributed by atoms with Crippen LogP contribution in [0.1, 0.15) is 21.5 Å². The van der Waals surface area contributed by atoms with E-state index < -0.39 is 17.6 Å². The Labute approximate surface area is 125 Å². The van der Waals surface area contributed by atoms with E-state index in [2.05, 4.69) is 5.32 Å². The number of ether oxygens (including phenoxy) is 1. The number of alkyl halides is 3. The number of hydrogen-bond donors (Lipinski definition) is 1. The lowest BCUT2D eigenvalue weighted by atomic mass is 10.1. The summed E-state index contributed by atoms with van der Waals surface area (Å²) < 4.78 is 43.3. The van der Waals surface area contributed by atoms with Gasteiger partial charge >= 0.3 is 6.18 Å². The van der Waals surface area contributed by atoms with Crippen LogP contribution in [0.15, 0.2) is 42.5 Å². The Bertz CT molecular complexity index is 679. The highest BCUT2D eigenvalue weighted by Gasteiger charge is 2.31. The first-order valence-corrected chi connectivity index (χ1v) is 6.44. The van der Waals surface area contributed by atoms with Crippen molar-refractivity contribution in [3.8, 4) is 5.75 Å². The van der Waals surface area contributed by atoms with Crippen LogP contribution in [0.2, 0.25) is 0 Å². The zero-order valence-corrected chi connectivity index (χ0v) is 12.0. The number of nitrogens with one attached hydrogen (secondary N) is 1. The van der Waals surface area contributed by atoms with Gasteiger partial charge in [-0.15, -0.1) is 0 Å². The lowest BCUT2D eigenvalue weighted by Gasteiger charge is -2.12. The van der Waals surface area contributed by atoms with Crippen molar-refractivity contribution < 1.29 is 22.7 Å².